The molecule has 0 aromatic rings. The average molecular weight is 205 g/mol. The summed E-state index contributed by atoms with van der Waals surface area (Å²) >= 11 is 5.30. The van der Waals surface area contributed by atoms with Crippen LogP contribution in [0.2, 0.25) is 0 Å². The summed E-state index contributed by atoms with van der Waals surface area (Å²) in [5.41, 5.74) is 0. The van der Waals surface area contributed by atoms with E-state index in [1.54, 1.807) is 6.08 Å². The Balaban J connectivity index is 3.77. The van der Waals surface area contributed by atoms with Gasteiger partial charge in [0.05, 0.1) is 6.54 Å². The minimum Gasteiger partial charge on any atom is -0.351 e. The van der Waals surface area contributed by atoms with Gasteiger partial charge in [-0.25, -0.2) is 0 Å². The van der Waals surface area contributed by atoms with E-state index in [0.29, 0.717) is 6.54 Å². The molecule has 0 fully saturated rings. The van der Waals surface area contributed by atoms with Gasteiger partial charge in [0, 0.05) is 13.6 Å². The molecule has 0 aliphatic heterocycles. The number of carbonyl (C=O) groups is 2. The molecule has 0 atom stereocenters. The molecule has 1 N–H and O–H groups in total. The van der Waals surface area contributed by atoms with Crippen LogP contribution in [0.4, 0.5) is 0 Å². The van der Waals surface area contributed by atoms with Gasteiger partial charge < -0.3 is 10.2 Å². The van der Waals surface area contributed by atoms with Crippen molar-refractivity contribution in [2.24, 2.45) is 0 Å². The van der Waals surface area contributed by atoms with Crippen molar-refractivity contribution in [3.05, 3.63) is 12.7 Å². The van der Waals surface area contributed by atoms with Crippen molar-refractivity contribution in [2.75, 3.05) is 26.0 Å². The van der Waals surface area contributed by atoms with Gasteiger partial charge in [-0.2, -0.15) is 0 Å². The zero-order chi connectivity index (χ0) is 10.3. The number of rotatable bonds is 5. The molecule has 0 aromatic heterocycles. The smallest absolute Gasteiger partial charge is 0.239 e. The standard InChI is InChI=1S/C8H13ClN2O2/c1-3-4-10-7(12)6-11(2)8(13)5-9/h3H,1,4-6H2,2H3,(H,10,12). The monoisotopic (exact) mass is 204 g/mol. The number of nitrogens with one attached hydrogen (secondary N) is 1. The van der Waals surface area contributed by atoms with Gasteiger partial charge in [0.15, 0.2) is 0 Å². The van der Waals surface area contributed by atoms with Crippen LogP contribution in [-0.4, -0.2) is 42.7 Å². The van der Waals surface area contributed by atoms with Crippen molar-refractivity contribution >= 4 is 23.4 Å². The summed E-state index contributed by atoms with van der Waals surface area (Å²) in [5, 5.41) is 2.55. The van der Waals surface area contributed by atoms with Gasteiger partial charge in [-0.15, -0.1) is 18.2 Å². The quantitative estimate of drug-likeness (QED) is 0.506. The highest BCUT2D eigenvalue weighted by molar-refractivity contribution is 6.27. The van der Waals surface area contributed by atoms with Gasteiger partial charge in [-0.05, 0) is 0 Å². The fourth-order valence-electron chi connectivity index (χ4n) is 0.648. The van der Waals surface area contributed by atoms with Gasteiger partial charge in [0.25, 0.3) is 0 Å². The molecule has 0 aliphatic carbocycles. The molecule has 0 saturated carbocycles. The van der Waals surface area contributed by atoms with E-state index in [1.807, 2.05) is 0 Å². The second-order valence-corrected chi connectivity index (χ2v) is 2.74. The molecule has 13 heavy (non-hydrogen) atoms. The third kappa shape index (κ3) is 5.25. The Labute approximate surface area is 82.5 Å². The van der Waals surface area contributed by atoms with Gasteiger partial charge >= 0.3 is 0 Å². The lowest BCUT2D eigenvalue weighted by Gasteiger charge is -2.14. The molecule has 0 aliphatic rings. The summed E-state index contributed by atoms with van der Waals surface area (Å²) in [4.78, 5) is 23.2. The molecule has 0 aromatic carbocycles. The zero-order valence-corrected chi connectivity index (χ0v) is 8.30. The van der Waals surface area contributed by atoms with Crippen LogP contribution >= 0.6 is 11.6 Å². The lowest BCUT2D eigenvalue weighted by atomic mass is 10.4. The predicted molar refractivity (Wildman–Crippen MR) is 51.6 cm³/mol. The highest BCUT2D eigenvalue weighted by Gasteiger charge is 2.10. The maximum absolute atomic E-state index is 11.0. The first-order valence-corrected chi connectivity index (χ1v) is 4.32. The van der Waals surface area contributed by atoms with Crippen LogP contribution in [0, 0.1) is 0 Å². The fraction of sp³-hybridized carbons (Fsp3) is 0.500. The van der Waals surface area contributed by atoms with Crippen LogP contribution in [0.15, 0.2) is 12.7 Å². The predicted octanol–water partition coefficient (Wildman–Crippen LogP) is -0.0142. The van der Waals surface area contributed by atoms with Gasteiger partial charge in [-0.1, -0.05) is 6.08 Å². The molecule has 0 heterocycles. The number of carbonyl (C=O) groups excluding carboxylic acids is 2. The van der Waals surface area contributed by atoms with Crippen molar-refractivity contribution in [1.82, 2.24) is 10.2 Å². The molecule has 5 heteroatoms. The number of alkyl halides is 1. The van der Waals surface area contributed by atoms with E-state index < -0.39 is 0 Å². The van der Waals surface area contributed by atoms with Crippen LogP contribution in [0.25, 0.3) is 0 Å². The van der Waals surface area contributed by atoms with Crippen molar-refractivity contribution < 1.29 is 9.59 Å². The van der Waals surface area contributed by atoms with Gasteiger partial charge in [0.1, 0.15) is 5.88 Å². The summed E-state index contributed by atoms with van der Waals surface area (Å²) < 4.78 is 0. The summed E-state index contributed by atoms with van der Waals surface area (Å²) in [7, 11) is 1.53. The van der Waals surface area contributed by atoms with E-state index in [-0.39, 0.29) is 24.2 Å². The van der Waals surface area contributed by atoms with Gasteiger partial charge in [-0.3, -0.25) is 9.59 Å². The summed E-state index contributed by atoms with van der Waals surface area (Å²) in [6.07, 6.45) is 1.57. The van der Waals surface area contributed by atoms with Gasteiger partial charge in [0.2, 0.25) is 11.8 Å². The molecule has 0 unspecified atom stereocenters. The van der Waals surface area contributed by atoms with E-state index in [9.17, 15) is 9.59 Å². The third-order valence-electron chi connectivity index (χ3n) is 1.36. The fourth-order valence-corrected chi connectivity index (χ4v) is 0.852. The molecule has 4 nitrogen and oxygen atoms in total. The van der Waals surface area contributed by atoms with E-state index in [4.69, 9.17) is 11.6 Å². The molecule has 74 valence electrons. The minimum atomic E-state index is -0.268. The number of hydrogen-bond donors (Lipinski definition) is 1. The summed E-state index contributed by atoms with van der Waals surface area (Å²) in [6.45, 7) is 3.88. The minimum absolute atomic E-state index is 0.0272. The van der Waals surface area contributed by atoms with E-state index in [1.165, 1.54) is 11.9 Å². The summed E-state index contributed by atoms with van der Waals surface area (Å²) in [5.74, 6) is -0.595. The Morgan fingerprint density at radius 2 is 2.23 bits per heavy atom. The molecule has 2 amide bonds. The Bertz CT molecular complexity index is 206. The Kier molecular flexibility index (Phi) is 5.97. The first-order valence-electron chi connectivity index (χ1n) is 3.79. The van der Waals surface area contributed by atoms with Crippen molar-refractivity contribution in [3.8, 4) is 0 Å². The summed E-state index contributed by atoms with van der Waals surface area (Å²) in [6, 6.07) is 0. The van der Waals surface area contributed by atoms with E-state index >= 15 is 0 Å². The van der Waals surface area contributed by atoms with Crippen LogP contribution in [0.5, 0.6) is 0 Å². The second kappa shape index (κ2) is 6.48. The molecule has 0 radical (unpaired) electrons. The van der Waals surface area contributed by atoms with Crippen molar-refractivity contribution in [3.63, 3.8) is 0 Å². The zero-order valence-electron chi connectivity index (χ0n) is 7.55. The highest BCUT2D eigenvalue weighted by Crippen LogP contribution is 1.87. The number of nitrogens with zero attached hydrogens (tertiary/aromatic N) is 1. The molecular formula is C8H13ClN2O2. The normalized spacial score (nSPS) is 9.08. The van der Waals surface area contributed by atoms with Crippen LogP contribution in [-0.2, 0) is 9.59 Å². The topological polar surface area (TPSA) is 49.4 Å². The SMILES string of the molecule is C=CCNC(=O)CN(C)C(=O)CCl. The Hall–Kier alpha value is -1.03. The first kappa shape index (κ1) is 12.0. The maximum atomic E-state index is 11.0. The van der Waals surface area contributed by atoms with Crippen molar-refractivity contribution in [1.29, 1.82) is 0 Å². The molecule has 0 bridgehead atoms. The Morgan fingerprint density at radius 3 is 2.69 bits per heavy atom. The largest absolute Gasteiger partial charge is 0.351 e. The number of amides is 2. The molecule has 0 rings (SSSR count). The van der Waals surface area contributed by atoms with Crippen LogP contribution in [0.1, 0.15) is 0 Å². The first-order chi connectivity index (χ1) is 6.11. The maximum Gasteiger partial charge on any atom is 0.239 e. The highest BCUT2D eigenvalue weighted by atomic mass is 35.5. The lowest BCUT2D eigenvalue weighted by molar-refractivity contribution is -0.132. The molecule has 0 saturated heterocycles. The van der Waals surface area contributed by atoms with Crippen molar-refractivity contribution in [2.45, 2.75) is 0 Å². The average Bonchev–Trinajstić information content (AvgIpc) is 2.13. The second-order valence-electron chi connectivity index (χ2n) is 2.48. The Morgan fingerprint density at radius 1 is 1.62 bits per heavy atom. The molecular weight excluding hydrogens is 192 g/mol. The molecule has 0 spiro atoms. The van der Waals surface area contributed by atoms with Crippen LogP contribution < -0.4 is 5.32 Å². The number of hydrogen-bond acceptors (Lipinski definition) is 2. The third-order valence-corrected chi connectivity index (χ3v) is 1.59. The van der Waals surface area contributed by atoms with E-state index in [0.717, 1.165) is 0 Å². The lowest BCUT2D eigenvalue weighted by Crippen LogP contribution is -2.38. The number of halogens is 1. The van der Waals surface area contributed by atoms with Crippen LogP contribution in [0.3, 0.4) is 0 Å². The van der Waals surface area contributed by atoms with E-state index in [2.05, 4.69) is 11.9 Å². The number of likely N-dealkylation sites (N-methyl/N-ethyl adjacent to an activating group) is 1.